The third kappa shape index (κ3) is 3.55. The molecule has 0 amide bonds. The molecule has 8 heteroatoms. The molecule has 1 aliphatic rings. The monoisotopic (exact) mass is 349 g/mol. The summed E-state index contributed by atoms with van der Waals surface area (Å²) in [6.45, 7) is 4.87. The van der Waals surface area contributed by atoms with Gasteiger partial charge in [0.1, 0.15) is 6.23 Å². The van der Waals surface area contributed by atoms with E-state index in [-0.39, 0.29) is 18.9 Å². The fourth-order valence-corrected chi connectivity index (χ4v) is 3.06. The SMILES string of the molecule is CSc1nc(NCC=C(C)C)c2ncn(C3CCC(CO)O3)c2n1. The maximum Gasteiger partial charge on any atom is 0.191 e. The minimum atomic E-state index is -0.137. The molecular weight excluding hydrogens is 326 g/mol. The number of aromatic nitrogens is 4. The van der Waals surface area contributed by atoms with E-state index in [2.05, 4.69) is 40.2 Å². The van der Waals surface area contributed by atoms with Crippen LogP contribution in [0.1, 0.15) is 32.9 Å². The van der Waals surface area contributed by atoms with E-state index in [1.165, 1.54) is 17.3 Å². The lowest BCUT2D eigenvalue weighted by Gasteiger charge is -2.14. The number of ether oxygens (including phenoxy) is 1. The van der Waals surface area contributed by atoms with E-state index >= 15 is 0 Å². The molecule has 0 bridgehead atoms. The molecule has 2 aromatic heterocycles. The summed E-state index contributed by atoms with van der Waals surface area (Å²) in [7, 11) is 0. The number of imidazole rings is 1. The van der Waals surface area contributed by atoms with Crippen LogP contribution in [0.5, 0.6) is 0 Å². The van der Waals surface area contributed by atoms with E-state index in [0.717, 1.165) is 29.8 Å². The number of allylic oxidation sites excluding steroid dienone is 1. The molecule has 1 fully saturated rings. The third-order valence-electron chi connectivity index (χ3n) is 3.96. The molecule has 3 heterocycles. The van der Waals surface area contributed by atoms with E-state index in [9.17, 15) is 5.11 Å². The zero-order valence-corrected chi connectivity index (χ0v) is 15.0. The molecule has 2 N–H and O–H groups in total. The number of fused-ring (bicyclic) bond motifs is 1. The molecule has 0 saturated carbocycles. The summed E-state index contributed by atoms with van der Waals surface area (Å²) in [5.74, 6) is 0.734. The van der Waals surface area contributed by atoms with E-state index < -0.39 is 0 Å². The van der Waals surface area contributed by atoms with Crippen molar-refractivity contribution < 1.29 is 9.84 Å². The van der Waals surface area contributed by atoms with Gasteiger partial charge in [-0.3, -0.25) is 4.57 Å². The molecule has 130 valence electrons. The maximum atomic E-state index is 9.27. The Bertz CT molecular complexity index is 741. The Morgan fingerprint density at radius 1 is 1.46 bits per heavy atom. The summed E-state index contributed by atoms with van der Waals surface area (Å²) in [5, 5.41) is 13.3. The lowest BCUT2D eigenvalue weighted by atomic mass is 10.2. The van der Waals surface area contributed by atoms with Crippen LogP contribution in [-0.4, -0.2) is 50.1 Å². The van der Waals surface area contributed by atoms with Gasteiger partial charge in [-0.1, -0.05) is 23.4 Å². The van der Waals surface area contributed by atoms with Crippen LogP contribution in [0.3, 0.4) is 0 Å². The lowest BCUT2D eigenvalue weighted by Crippen LogP contribution is -2.14. The number of rotatable bonds is 6. The highest BCUT2D eigenvalue weighted by molar-refractivity contribution is 7.98. The van der Waals surface area contributed by atoms with E-state index in [4.69, 9.17) is 4.74 Å². The van der Waals surface area contributed by atoms with Crippen molar-refractivity contribution in [3.63, 3.8) is 0 Å². The number of hydrogen-bond donors (Lipinski definition) is 2. The van der Waals surface area contributed by atoms with Crippen LogP contribution in [0, 0.1) is 0 Å². The van der Waals surface area contributed by atoms with E-state index in [1.807, 2.05) is 10.8 Å². The van der Waals surface area contributed by atoms with Gasteiger partial charge in [0, 0.05) is 6.54 Å². The predicted molar refractivity (Wildman–Crippen MR) is 95.3 cm³/mol. The second-order valence-electron chi connectivity index (χ2n) is 6.02. The van der Waals surface area contributed by atoms with E-state index in [0.29, 0.717) is 11.7 Å². The van der Waals surface area contributed by atoms with Crippen molar-refractivity contribution in [2.45, 2.75) is 44.2 Å². The Morgan fingerprint density at radius 3 is 2.96 bits per heavy atom. The highest BCUT2D eigenvalue weighted by Crippen LogP contribution is 2.32. The van der Waals surface area contributed by atoms with Crippen LogP contribution in [0.15, 0.2) is 23.1 Å². The zero-order valence-electron chi connectivity index (χ0n) is 14.2. The number of aliphatic hydroxyl groups excluding tert-OH is 1. The molecule has 3 rings (SSSR count). The lowest BCUT2D eigenvalue weighted by molar-refractivity contribution is -0.0207. The van der Waals surface area contributed by atoms with Gasteiger partial charge in [-0.2, -0.15) is 0 Å². The van der Waals surface area contributed by atoms with Gasteiger partial charge < -0.3 is 15.2 Å². The molecule has 2 aromatic rings. The Labute approximate surface area is 145 Å². The van der Waals surface area contributed by atoms with Crippen LogP contribution < -0.4 is 5.32 Å². The number of hydrogen-bond acceptors (Lipinski definition) is 7. The Kier molecular flexibility index (Phi) is 5.37. The zero-order chi connectivity index (χ0) is 17.1. The number of anilines is 1. The maximum absolute atomic E-state index is 9.27. The van der Waals surface area contributed by atoms with Crippen molar-refractivity contribution in [3.8, 4) is 0 Å². The largest absolute Gasteiger partial charge is 0.394 e. The van der Waals surface area contributed by atoms with Crippen molar-refractivity contribution in [2.75, 3.05) is 24.7 Å². The highest BCUT2D eigenvalue weighted by atomic mass is 32.2. The minimum absolute atomic E-state index is 0.0453. The molecule has 2 atom stereocenters. The summed E-state index contributed by atoms with van der Waals surface area (Å²) in [6.07, 6.45) is 7.25. The van der Waals surface area contributed by atoms with Gasteiger partial charge in [0.25, 0.3) is 0 Å². The van der Waals surface area contributed by atoms with Crippen molar-refractivity contribution in [1.29, 1.82) is 0 Å². The highest BCUT2D eigenvalue weighted by Gasteiger charge is 2.28. The predicted octanol–water partition coefficient (Wildman–Crippen LogP) is 2.60. The summed E-state index contributed by atoms with van der Waals surface area (Å²) >= 11 is 1.50. The molecule has 24 heavy (non-hydrogen) atoms. The van der Waals surface area contributed by atoms with Crippen LogP contribution in [0.25, 0.3) is 11.2 Å². The third-order valence-corrected chi connectivity index (χ3v) is 4.51. The number of nitrogens with zero attached hydrogens (tertiary/aromatic N) is 4. The number of nitrogens with one attached hydrogen (secondary N) is 1. The van der Waals surface area contributed by atoms with Crippen LogP contribution in [0.4, 0.5) is 5.82 Å². The Hall–Kier alpha value is -1.64. The van der Waals surface area contributed by atoms with Gasteiger partial charge in [0.15, 0.2) is 22.1 Å². The van der Waals surface area contributed by atoms with Gasteiger partial charge in [0.2, 0.25) is 0 Å². The average molecular weight is 349 g/mol. The van der Waals surface area contributed by atoms with Gasteiger partial charge in [0.05, 0.1) is 19.0 Å². The first-order valence-electron chi connectivity index (χ1n) is 8.04. The fourth-order valence-electron chi connectivity index (χ4n) is 2.70. The van der Waals surface area contributed by atoms with Crippen molar-refractivity contribution in [1.82, 2.24) is 19.5 Å². The normalized spacial score (nSPS) is 20.5. The second-order valence-corrected chi connectivity index (χ2v) is 6.79. The van der Waals surface area contributed by atoms with Crippen molar-refractivity contribution in [2.24, 2.45) is 0 Å². The first kappa shape index (κ1) is 17.2. The second kappa shape index (κ2) is 7.50. The molecule has 1 aliphatic heterocycles. The van der Waals surface area contributed by atoms with E-state index in [1.54, 1.807) is 6.33 Å². The molecule has 1 saturated heterocycles. The topological polar surface area (TPSA) is 85.1 Å². The summed E-state index contributed by atoms with van der Waals surface area (Å²) in [4.78, 5) is 13.6. The Morgan fingerprint density at radius 2 is 2.29 bits per heavy atom. The fraction of sp³-hybridized carbons (Fsp3) is 0.562. The average Bonchev–Trinajstić information content (AvgIpc) is 3.20. The molecule has 0 radical (unpaired) electrons. The van der Waals surface area contributed by atoms with Crippen molar-refractivity contribution >= 4 is 28.7 Å². The summed E-state index contributed by atoms with van der Waals surface area (Å²) < 4.78 is 7.81. The first-order valence-corrected chi connectivity index (χ1v) is 9.27. The van der Waals surface area contributed by atoms with Crippen LogP contribution in [0.2, 0.25) is 0 Å². The molecule has 0 aliphatic carbocycles. The van der Waals surface area contributed by atoms with Gasteiger partial charge in [-0.15, -0.1) is 0 Å². The molecule has 0 spiro atoms. The van der Waals surface area contributed by atoms with Gasteiger partial charge in [-0.25, -0.2) is 15.0 Å². The Balaban J connectivity index is 1.94. The quantitative estimate of drug-likeness (QED) is 0.471. The molecular formula is C16H23N5O2S. The number of thioether (sulfide) groups is 1. The smallest absolute Gasteiger partial charge is 0.191 e. The van der Waals surface area contributed by atoms with Crippen LogP contribution in [-0.2, 0) is 4.74 Å². The standard InChI is InChI=1S/C16H23N5O2S/c1-10(2)6-7-17-14-13-15(20-16(19-14)24-3)21(9-18-13)12-5-4-11(8-22)23-12/h6,9,11-12,22H,4-5,7-8H2,1-3H3,(H,17,19,20). The summed E-state index contributed by atoms with van der Waals surface area (Å²) in [5.41, 5.74) is 2.75. The minimum Gasteiger partial charge on any atom is -0.394 e. The van der Waals surface area contributed by atoms with Crippen molar-refractivity contribution in [3.05, 3.63) is 18.0 Å². The molecule has 2 unspecified atom stereocenters. The number of aliphatic hydroxyl groups is 1. The van der Waals surface area contributed by atoms with Gasteiger partial charge >= 0.3 is 0 Å². The van der Waals surface area contributed by atoms with Gasteiger partial charge in [-0.05, 0) is 32.9 Å². The molecule has 0 aromatic carbocycles. The summed E-state index contributed by atoms with van der Waals surface area (Å²) in [6, 6.07) is 0. The van der Waals surface area contributed by atoms with Crippen LogP contribution >= 0.6 is 11.8 Å². The first-order chi connectivity index (χ1) is 11.6. The molecule has 7 nitrogen and oxygen atoms in total.